The minimum absolute atomic E-state index is 0.0309. The lowest BCUT2D eigenvalue weighted by atomic mass is 10.1. The lowest BCUT2D eigenvalue weighted by Gasteiger charge is -2.39. The van der Waals surface area contributed by atoms with Crippen LogP contribution in [0.3, 0.4) is 0 Å². The van der Waals surface area contributed by atoms with Gasteiger partial charge in [0, 0.05) is 37.8 Å². The molecule has 132 valence electrons. The third-order valence-electron chi connectivity index (χ3n) is 4.18. The van der Waals surface area contributed by atoms with Crippen LogP contribution >= 0.6 is 0 Å². The van der Waals surface area contributed by atoms with Crippen molar-refractivity contribution in [2.24, 2.45) is 0 Å². The van der Waals surface area contributed by atoms with Gasteiger partial charge in [-0.2, -0.15) is 0 Å². The highest BCUT2D eigenvalue weighted by Gasteiger charge is 2.25. The van der Waals surface area contributed by atoms with Gasteiger partial charge in [0.1, 0.15) is 0 Å². The van der Waals surface area contributed by atoms with E-state index in [2.05, 4.69) is 31.0 Å². The zero-order chi connectivity index (χ0) is 17.7. The molecule has 0 aromatic heterocycles. The largest absolute Gasteiger partial charge is 0.373 e. The fourth-order valence-electron chi connectivity index (χ4n) is 2.95. The van der Waals surface area contributed by atoms with Crippen LogP contribution in [0.25, 0.3) is 0 Å². The van der Waals surface area contributed by atoms with Crippen molar-refractivity contribution in [3.8, 4) is 0 Å². The zero-order valence-electron chi connectivity index (χ0n) is 14.4. The lowest BCUT2D eigenvalue weighted by molar-refractivity contribution is -0.384. The highest BCUT2D eigenvalue weighted by molar-refractivity contribution is 5.78. The molecule has 2 rings (SSSR count). The van der Waals surface area contributed by atoms with Crippen molar-refractivity contribution in [1.29, 1.82) is 0 Å². The summed E-state index contributed by atoms with van der Waals surface area (Å²) in [4.78, 5) is 24.6. The number of carbonyl (C=O) groups is 1. The maximum absolute atomic E-state index is 12.1. The normalized spacial score (nSPS) is 22.8. The number of carbonyl (C=O) groups excluding carboxylic acids is 1. The highest BCUT2D eigenvalue weighted by Crippen LogP contribution is 2.14. The Kier molecular flexibility index (Phi) is 6.28. The summed E-state index contributed by atoms with van der Waals surface area (Å²) in [5, 5.41) is 13.6. The van der Waals surface area contributed by atoms with Gasteiger partial charge < -0.3 is 10.1 Å². The molecular formula is C17H25N3O4. The van der Waals surface area contributed by atoms with E-state index < -0.39 is 4.92 Å². The van der Waals surface area contributed by atoms with Crippen molar-refractivity contribution < 1.29 is 14.5 Å². The number of rotatable bonds is 6. The summed E-state index contributed by atoms with van der Waals surface area (Å²) in [5.41, 5.74) is 0.794. The summed E-state index contributed by atoms with van der Waals surface area (Å²) in [5.74, 6) is -0.0786. The molecule has 1 amide bonds. The Hall–Kier alpha value is -1.99. The van der Waals surface area contributed by atoms with Crippen LogP contribution in [0, 0.1) is 10.1 Å². The van der Waals surface area contributed by atoms with Crippen molar-refractivity contribution in [3.63, 3.8) is 0 Å². The molecule has 1 aromatic rings. The van der Waals surface area contributed by atoms with Crippen molar-refractivity contribution >= 4 is 11.6 Å². The molecule has 1 heterocycles. The number of nitro benzene ring substituents is 1. The molecule has 7 nitrogen and oxygen atoms in total. The monoisotopic (exact) mass is 335 g/mol. The summed E-state index contributed by atoms with van der Waals surface area (Å²) in [6.45, 7) is 8.51. The van der Waals surface area contributed by atoms with Crippen LogP contribution in [0.4, 0.5) is 5.69 Å². The van der Waals surface area contributed by atoms with Gasteiger partial charge in [-0.15, -0.1) is 0 Å². The van der Waals surface area contributed by atoms with Crippen LogP contribution in [0.5, 0.6) is 0 Å². The number of non-ortho nitro benzene ring substituents is 1. The maximum atomic E-state index is 12.1. The van der Waals surface area contributed by atoms with Crippen molar-refractivity contribution in [2.45, 2.75) is 45.4 Å². The summed E-state index contributed by atoms with van der Waals surface area (Å²) in [6, 6.07) is 6.31. The van der Waals surface area contributed by atoms with E-state index in [1.807, 2.05) is 0 Å². The fraction of sp³-hybridized carbons (Fsp3) is 0.588. The molecule has 0 saturated carbocycles. The van der Waals surface area contributed by atoms with Crippen LogP contribution in [0.2, 0.25) is 0 Å². The lowest BCUT2D eigenvalue weighted by Crippen LogP contribution is -2.52. The van der Waals surface area contributed by atoms with Crippen LogP contribution in [0.15, 0.2) is 24.3 Å². The van der Waals surface area contributed by atoms with Gasteiger partial charge in [0.25, 0.3) is 5.69 Å². The quantitative estimate of drug-likeness (QED) is 0.632. The fourth-order valence-corrected chi connectivity index (χ4v) is 2.95. The smallest absolute Gasteiger partial charge is 0.269 e. The second-order valence-corrected chi connectivity index (χ2v) is 6.46. The Morgan fingerprint density at radius 3 is 2.46 bits per heavy atom. The number of nitrogens with zero attached hydrogens (tertiary/aromatic N) is 2. The standard InChI is InChI=1S/C17H25N3O4/c1-12(19-10-13(2)24-14(3)11-19)9-18-17(21)8-15-4-6-16(7-5-15)20(22)23/h4-7,12-14H,8-11H2,1-3H3,(H,18,21)/t12-,13-,14+/m0/s1. The predicted octanol–water partition coefficient (Wildman–Crippen LogP) is 1.75. The molecule has 1 fully saturated rings. The van der Waals surface area contributed by atoms with E-state index >= 15 is 0 Å². The molecule has 1 saturated heterocycles. The molecule has 1 aliphatic heterocycles. The molecule has 0 aliphatic carbocycles. The minimum Gasteiger partial charge on any atom is -0.373 e. The Balaban J connectivity index is 1.79. The van der Waals surface area contributed by atoms with Crippen LogP contribution < -0.4 is 5.32 Å². The molecule has 1 aromatic carbocycles. The number of benzene rings is 1. The van der Waals surface area contributed by atoms with Gasteiger partial charge in [-0.1, -0.05) is 12.1 Å². The van der Waals surface area contributed by atoms with Crippen molar-refractivity contribution in [2.75, 3.05) is 19.6 Å². The summed E-state index contributed by atoms with van der Waals surface area (Å²) >= 11 is 0. The second kappa shape index (κ2) is 8.21. The van der Waals surface area contributed by atoms with Gasteiger partial charge in [-0.05, 0) is 26.3 Å². The maximum Gasteiger partial charge on any atom is 0.269 e. The molecule has 1 aliphatic rings. The Morgan fingerprint density at radius 1 is 1.33 bits per heavy atom. The van der Waals surface area contributed by atoms with E-state index in [1.54, 1.807) is 12.1 Å². The molecule has 24 heavy (non-hydrogen) atoms. The summed E-state index contributed by atoms with van der Waals surface area (Å²) in [7, 11) is 0. The molecule has 3 atom stereocenters. The Labute approximate surface area is 142 Å². The van der Waals surface area contributed by atoms with E-state index in [0.29, 0.717) is 6.54 Å². The number of ether oxygens (including phenoxy) is 1. The van der Waals surface area contributed by atoms with E-state index in [1.165, 1.54) is 12.1 Å². The first-order valence-corrected chi connectivity index (χ1v) is 8.24. The minimum atomic E-state index is -0.449. The average molecular weight is 335 g/mol. The number of hydrogen-bond acceptors (Lipinski definition) is 5. The van der Waals surface area contributed by atoms with E-state index in [0.717, 1.165) is 18.7 Å². The topological polar surface area (TPSA) is 84.7 Å². The van der Waals surface area contributed by atoms with Crippen LogP contribution in [-0.4, -0.2) is 53.6 Å². The molecule has 1 N–H and O–H groups in total. The zero-order valence-corrected chi connectivity index (χ0v) is 14.4. The number of nitro groups is 1. The molecule has 0 unspecified atom stereocenters. The molecule has 0 bridgehead atoms. The van der Waals surface area contributed by atoms with Gasteiger partial charge in [-0.3, -0.25) is 19.8 Å². The van der Waals surface area contributed by atoms with Gasteiger partial charge in [-0.25, -0.2) is 0 Å². The van der Waals surface area contributed by atoms with Gasteiger partial charge in [0.05, 0.1) is 23.6 Å². The number of amides is 1. The number of hydrogen-bond donors (Lipinski definition) is 1. The highest BCUT2D eigenvalue weighted by atomic mass is 16.6. The Morgan fingerprint density at radius 2 is 1.92 bits per heavy atom. The first-order chi connectivity index (χ1) is 11.3. The number of morpholine rings is 1. The van der Waals surface area contributed by atoms with Gasteiger partial charge in [0.15, 0.2) is 0 Å². The molecular weight excluding hydrogens is 310 g/mol. The van der Waals surface area contributed by atoms with Gasteiger partial charge >= 0.3 is 0 Å². The third-order valence-corrected chi connectivity index (χ3v) is 4.18. The van der Waals surface area contributed by atoms with E-state index in [9.17, 15) is 14.9 Å². The molecule has 7 heteroatoms. The third kappa shape index (κ3) is 5.28. The predicted molar refractivity (Wildman–Crippen MR) is 90.9 cm³/mol. The SMILES string of the molecule is C[C@@H]1CN([C@@H](C)CNC(=O)Cc2ccc([N+](=O)[O-])cc2)C[C@H](C)O1. The summed E-state index contributed by atoms with van der Waals surface area (Å²) in [6.07, 6.45) is 0.625. The van der Waals surface area contributed by atoms with Gasteiger partial charge in [0.2, 0.25) is 5.91 Å². The first kappa shape index (κ1) is 18.4. The second-order valence-electron chi connectivity index (χ2n) is 6.46. The van der Waals surface area contributed by atoms with Crippen molar-refractivity contribution in [1.82, 2.24) is 10.2 Å². The van der Waals surface area contributed by atoms with Crippen LogP contribution in [0.1, 0.15) is 26.3 Å². The first-order valence-electron chi connectivity index (χ1n) is 8.24. The van der Waals surface area contributed by atoms with E-state index in [4.69, 9.17) is 4.74 Å². The van der Waals surface area contributed by atoms with Crippen LogP contribution in [-0.2, 0) is 16.0 Å². The Bertz CT molecular complexity index is 566. The number of nitrogens with one attached hydrogen (secondary N) is 1. The molecule has 0 spiro atoms. The van der Waals surface area contributed by atoms with E-state index in [-0.39, 0.29) is 36.3 Å². The molecule has 0 radical (unpaired) electrons. The van der Waals surface area contributed by atoms with Crippen molar-refractivity contribution in [3.05, 3.63) is 39.9 Å². The summed E-state index contributed by atoms with van der Waals surface area (Å²) < 4.78 is 5.72. The average Bonchev–Trinajstić information content (AvgIpc) is 2.52.